The smallest absolute Gasteiger partial charge is 0.406 e. The van der Waals surface area contributed by atoms with Crippen molar-refractivity contribution in [3.05, 3.63) is 66.6 Å². The number of hydrogen-bond donors (Lipinski definition) is 2. The Morgan fingerprint density at radius 3 is 2.61 bits per heavy atom. The van der Waals surface area contributed by atoms with Crippen molar-refractivity contribution in [2.45, 2.75) is 19.9 Å². The predicted molar refractivity (Wildman–Crippen MR) is 129 cm³/mol. The van der Waals surface area contributed by atoms with Crippen LogP contribution in [0.2, 0.25) is 0 Å². The molecule has 188 valence electrons. The van der Waals surface area contributed by atoms with E-state index in [0.29, 0.717) is 30.2 Å². The molecule has 3 N–H and O–H groups in total. The van der Waals surface area contributed by atoms with Gasteiger partial charge in [0.25, 0.3) is 0 Å². The molecule has 0 bridgehead atoms. The summed E-state index contributed by atoms with van der Waals surface area (Å²) in [6.45, 7) is 2.43. The fourth-order valence-electron chi connectivity index (χ4n) is 3.89. The molecule has 0 fully saturated rings. The normalized spacial score (nSPS) is 11.5. The van der Waals surface area contributed by atoms with Crippen LogP contribution in [-0.2, 0) is 11.3 Å². The van der Waals surface area contributed by atoms with E-state index in [0.717, 1.165) is 28.8 Å². The zero-order chi connectivity index (χ0) is 25.9. The van der Waals surface area contributed by atoms with Gasteiger partial charge >= 0.3 is 12.4 Å². The predicted octanol–water partition coefficient (Wildman–Crippen LogP) is 5.08. The van der Waals surface area contributed by atoms with Gasteiger partial charge in [-0.1, -0.05) is 18.2 Å². The van der Waals surface area contributed by atoms with E-state index in [9.17, 15) is 18.0 Å². The Morgan fingerprint density at radius 1 is 1.19 bits per heavy atom. The zero-order valence-corrected chi connectivity index (χ0v) is 19.4. The number of carbonyl (C=O) groups excluding carboxylic acids is 1. The number of carbonyl (C=O) groups is 1. The summed E-state index contributed by atoms with van der Waals surface area (Å²) in [5.74, 6) is -0.111. The van der Waals surface area contributed by atoms with Crippen molar-refractivity contribution in [3.63, 3.8) is 0 Å². The number of benzene rings is 2. The molecule has 9 nitrogen and oxygen atoms in total. The molecule has 2 heterocycles. The molecular weight excluding hydrogens is 477 g/mol. The fraction of sp³-hybridized carbons (Fsp3) is 0.208. The summed E-state index contributed by atoms with van der Waals surface area (Å²) < 4.78 is 48.4. The van der Waals surface area contributed by atoms with Gasteiger partial charge in [-0.3, -0.25) is 4.90 Å². The minimum Gasteiger partial charge on any atom is -0.406 e. The molecule has 4 aromatic rings. The van der Waals surface area contributed by atoms with Gasteiger partial charge in [0.05, 0.1) is 6.61 Å². The van der Waals surface area contributed by atoms with Crippen molar-refractivity contribution in [3.8, 4) is 16.9 Å². The first-order chi connectivity index (χ1) is 17.2. The van der Waals surface area contributed by atoms with E-state index in [-0.39, 0.29) is 5.69 Å². The summed E-state index contributed by atoms with van der Waals surface area (Å²) in [4.78, 5) is 18.5. The molecule has 2 aromatic heterocycles. The third-order valence-electron chi connectivity index (χ3n) is 5.33. The molecule has 0 saturated carbocycles. The summed E-state index contributed by atoms with van der Waals surface area (Å²) in [6.07, 6.45) is -1.64. The van der Waals surface area contributed by atoms with Crippen molar-refractivity contribution in [1.29, 1.82) is 0 Å². The standard InChI is InChI=1S/C24H23F3N6O3/c1-3-32(23(34)31-17-5-4-6-19(11-17)36-24(25,26)27)18-9-7-15(8-10-18)20-16(13-35-2)12-33-21(20)22(28)29-14-30-33/h4-12,14H,3,13H2,1-2H3,(H,31,34)(H2,28,29,30). The number of aromatic nitrogens is 3. The first-order valence-corrected chi connectivity index (χ1v) is 10.8. The van der Waals surface area contributed by atoms with Gasteiger partial charge in [-0.05, 0) is 36.8 Å². The largest absolute Gasteiger partial charge is 0.573 e. The van der Waals surface area contributed by atoms with Crippen LogP contribution in [0.25, 0.3) is 16.6 Å². The van der Waals surface area contributed by atoms with Crippen LogP contribution in [0, 0.1) is 0 Å². The number of amides is 2. The SMILES string of the molecule is CCN(C(=O)Nc1cccc(OC(F)(F)F)c1)c1ccc(-c2c(COC)cn3ncnc(N)c23)cc1. The minimum absolute atomic E-state index is 0.164. The molecule has 0 spiro atoms. The lowest BCUT2D eigenvalue weighted by Crippen LogP contribution is -2.34. The van der Waals surface area contributed by atoms with Crippen LogP contribution in [0.15, 0.2) is 61.1 Å². The van der Waals surface area contributed by atoms with E-state index >= 15 is 0 Å². The van der Waals surface area contributed by atoms with Gasteiger partial charge in [0, 0.05) is 48.4 Å². The maximum absolute atomic E-state index is 12.9. The van der Waals surface area contributed by atoms with E-state index in [1.165, 1.54) is 23.4 Å². The Labute approximate surface area is 204 Å². The van der Waals surface area contributed by atoms with Crippen molar-refractivity contribution in [2.24, 2.45) is 0 Å². The van der Waals surface area contributed by atoms with E-state index in [4.69, 9.17) is 10.5 Å². The topological polar surface area (TPSA) is 107 Å². The third kappa shape index (κ3) is 5.33. The summed E-state index contributed by atoms with van der Waals surface area (Å²) >= 11 is 0. The lowest BCUT2D eigenvalue weighted by molar-refractivity contribution is -0.274. The molecule has 0 saturated heterocycles. The second-order valence-electron chi connectivity index (χ2n) is 7.70. The van der Waals surface area contributed by atoms with Gasteiger partial charge in [-0.25, -0.2) is 14.3 Å². The van der Waals surface area contributed by atoms with Crippen LogP contribution < -0.4 is 20.7 Å². The molecule has 2 aromatic carbocycles. The number of fused-ring (bicyclic) bond motifs is 1. The Kier molecular flexibility index (Phi) is 6.97. The maximum atomic E-state index is 12.9. The van der Waals surface area contributed by atoms with Gasteiger partial charge < -0.3 is 20.5 Å². The van der Waals surface area contributed by atoms with Gasteiger partial charge in [0.15, 0.2) is 5.82 Å². The fourth-order valence-corrected chi connectivity index (χ4v) is 3.89. The average Bonchev–Trinajstić information content (AvgIpc) is 3.19. The van der Waals surface area contributed by atoms with Crippen LogP contribution in [0.3, 0.4) is 0 Å². The van der Waals surface area contributed by atoms with E-state index in [2.05, 4.69) is 20.1 Å². The zero-order valence-electron chi connectivity index (χ0n) is 19.4. The number of nitrogens with one attached hydrogen (secondary N) is 1. The Balaban J connectivity index is 1.59. The molecule has 0 radical (unpaired) electrons. The number of methoxy groups -OCH3 is 1. The molecule has 4 rings (SSSR count). The van der Waals surface area contributed by atoms with E-state index < -0.39 is 18.1 Å². The van der Waals surface area contributed by atoms with E-state index in [1.54, 1.807) is 30.7 Å². The number of halogens is 3. The second kappa shape index (κ2) is 10.1. The van der Waals surface area contributed by atoms with Gasteiger partial charge in [-0.15, -0.1) is 13.2 Å². The maximum Gasteiger partial charge on any atom is 0.573 e. The molecule has 36 heavy (non-hydrogen) atoms. The summed E-state index contributed by atoms with van der Waals surface area (Å²) in [5.41, 5.74) is 10.0. The highest BCUT2D eigenvalue weighted by molar-refractivity contribution is 6.02. The molecule has 0 unspecified atom stereocenters. The number of nitrogen functional groups attached to an aromatic ring is 1. The molecule has 0 aliphatic carbocycles. The van der Waals surface area contributed by atoms with Gasteiger partial charge in [-0.2, -0.15) is 5.10 Å². The highest BCUT2D eigenvalue weighted by Crippen LogP contribution is 2.34. The number of rotatable bonds is 7. The summed E-state index contributed by atoms with van der Waals surface area (Å²) in [6, 6.07) is 11.8. The van der Waals surface area contributed by atoms with Crippen molar-refractivity contribution >= 4 is 28.7 Å². The highest BCUT2D eigenvalue weighted by Gasteiger charge is 2.31. The first-order valence-electron chi connectivity index (χ1n) is 10.8. The quantitative estimate of drug-likeness (QED) is 0.366. The Morgan fingerprint density at radius 2 is 1.94 bits per heavy atom. The molecule has 0 atom stereocenters. The van der Waals surface area contributed by atoms with Crippen molar-refractivity contribution in [2.75, 3.05) is 29.6 Å². The number of ether oxygens (including phenoxy) is 2. The number of anilines is 3. The van der Waals surface area contributed by atoms with Crippen LogP contribution in [0.5, 0.6) is 5.75 Å². The van der Waals surface area contributed by atoms with Gasteiger partial charge in [0.1, 0.15) is 17.6 Å². The second-order valence-corrected chi connectivity index (χ2v) is 7.70. The molecule has 0 aliphatic rings. The number of hydrogen-bond acceptors (Lipinski definition) is 6. The number of urea groups is 1. The minimum atomic E-state index is -4.83. The Hall–Kier alpha value is -4.32. The monoisotopic (exact) mass is 500 g/mol. The van der Waals surface area contributed by atoms with Crippen LogP contribution in [0.1, 0.15) is 12.5 Å². The van der Waals surface area contributed by atoms with E-state index in [1.807, 2.05) is 18.3 Å². The first kappa shape index (κ1) is 24.8. The van der Waals surface area contributed by atoms with Crippen LogP contribution in [-0.4, -0.2) is 40.6 Å². The highest BCUT2D eigenvalue weighted by atomic mass is 19.4. The molecular formula is C24H23F3N6O3. The number of nitrogens with zero attached hydrogens (tertiary/aromatic N) is 4. The molecule has 2 amide bonds. The van der Waals surface area contributed by atoms with Gasteiger partial charge in [0.2, 0.25) is 0 Å². The number of alkyl halides is 3. The van der Waals surface area contributed by atoms with Crippen molar-refractivity contribution in [1.82, 2.24) is 14.6 Å². The van der Waals surface area contributed by atoms with Crippen LogP contribution >= 0.6 is 0 Å². The average molecular weight is 500 g/mol. The van der Waals surface area contributed by atoms with Crippen molar-refractivity contribution < 1.29 is 27.4 Å². The van der Waals surface area contributed by atoms with Crippen LogP contribution in [0.4, 0.5) is 35.2 Å². The Bertz CT molecular complexity index is 1370. The lowest BCUT2D eigenvalue weighted by atomic mass is 10.0. The number of nitrogens with two attached hydrogens (primary N) is 1. The summed E-state index contributed by atoms with van der Waals surface area (Å²) in [5, 5.41) is 6.82. The molecule has 0 aliphatic heterocycles. The summed E-state index contributed by atoms with van der Waals surface area (Å²) in [7, 11) is 1.59. The molecule has 12 heteroatoms. The third-order valence-corrected chi connectivity index (χ3v) is 5.33. The lowest BCUT2D eigenvalue weighted by Gasteiger charge is -2.22.